The van der Waals surface area contributed by atoms with Gasteiger partial charge < -0.3 is 0 Å². The van der Waals surface area contributed by atoms with Gasteiger partial charge in [-0.15, -0.1) is 0 Å². The third kappa shape index (κ3) is 2.26. The van der Waals surface area contributed by atoms with E-state index in [0.29, 0.717) is 10.6 Å². The zero-order valence-electron chi connectivity index (χ0n) is 7.87. The van der Waals surface area contributed by atoms with Crippen LogP contribution in [0.25, 0.3) is 0 Å². The maximum absolute atomic E-state index is 12.2. The third-order valence-corrected chi connectivity index (χ3v) is 2.23. The molecule has 0 amide bonds. The van der Waals surface area contributed by atoms with E-state index < -0.39 is 6.55 Å². The van der Waals surface area contributed by atoms with Crippen molar-refractivity contribution < 1.29 is 8.78 Å². The molecule has 0 aliphatic carbocycles. The van der Waals surface area contributed by atoms with Crippen LogP contribution in [0.4, 0.5) is 8.78 Å². The van der Waals surface area contributed by atoms with Gasteiger partial charge in [-0.2, -0.15) is 13.9 Å². The van der Waals surface area contributed by atoms with Crippen molar-refractivity contribution in [1.82, 2.24) is 9.78 Å². The fraction of sp³-hybridized carbons (Fsp3) is 0.667. The Morgan fingerprint density at radius 1 is 1.38 bits per heavy atom. The molecule has 0 aliphatic heterocycles. The average Bonchev–Trinajstić information content (AvgIpc) is 2.56. The first-order chi connectivity index (χ1) is 6.19. The lowest BCUT2D eigenvalue weighted by atomic mass is 10.0. The fourth-order valence-electron chi connectivity index (χ4n) is 1.39. The summed E-state index contributed by atoms with van der Waals surface area (Å²) in [7, 11) is 0. The Balaban J connectivity index is 2.78. The number of alkyl halides is 2. The molecule has 0 atom stereocenters. The number of hydrogen-bond donors (Lipinski definition) is 0. The van der Waals surface area contributed by atoms with E-state index in [0.717, 1.165) is 18.5 Å². The summed E-state index contributed by atoms with van der Waals surface area (Å²) in [6, 6.07) is 1.67. The first-order valence-corrected chi connectivity index (χ1v) is 4.52. The summed E-state index contributed by atoms with van der Waals surface area (Å²) in [6.45, 7) is 1.55. The van der Waals surface area contributed by atoms with Gasteiger partial charge in [0.15, 0.2) is 0 Å². The molecule has 0 saturated carbocycles. The number of nitrogens with zero attached hydrogens (tertiary/aromatic N) is 2. The van der Waals surface area contributed by atoms with Crippen LogP contribution >= 0.6 is 0 Å². The average molecular weight is 188 g/mol. The number of halogens is 2. The van der Waals surface area contributed by atoms with Crippen molar-refractivity contribution in [1.29, 1.82) is 0 Å². The van der Waals surface area contributed by atoms with Gasteiger partial charge in [-0.25, -0.2) is 4.68 Å². The van der Waals surface area contributed by atoms with E-state index in [1.165, 1.54) is 6.20 Å². The fourth-order valence-corrected chi connectivity index (χ4v) is 1.39. The molecule has 74 valence electrons. The number of aromatic nitrogens is 2. The summed E-state index contributed by atoms with van der Waals surface area (Å²) < 4.78 is 25.0. The van der Waals surface area contributed by atoms with Crippen molar-refractivity contribution in [3.05, 3.63) is 18.0 Å². The maximum atomic E-state index is 12.2. The van der Waals surface area contributed by atoms with Gasteiger partial charge in [0.25, 0.3) is 0 Å². The smallest absolute Gasteiger partial charge is 0.211 e. The van der Waals surface area contributed by atoms with Crippen LogP contribution in [0.5, 0.6) is 0 Å². The molecule has 2 nitrogen and oxygen atoms in total. The molecule has 0 aliphatic rings. The topological polar surface area (TPSA) is 17.8 Å². The molecule has 0 radical (unpaired) electrons. The second-order valence-corrected chi connectivity index (χ2v) is 3.01. The van der Waals surface area contributed by atoms with Crippen LogP contribution < -0.4 is 0 Å². The SMILES string of the molecule is CCC(CC)c1ccn(C(F)F)n1. The van der Waals surface area contributed by atoms with Crippen LogP contribution in [0.2, 0.25) is 0 Å². The molecule has 0 N–H and O–H groups in total. The molecule has 0 aromatic carbocycles. The van der Waals surface area contributed by atoms with E-state index in [1.807, 2.05) is 13.8 Å². The Bertz CT molecular complexity index is 254. The van der Waals surface area contributed by atoms with Crippen LogP contribution in [0.15, 0.2) is 12.3 Å². The van der Waals surface area contributed by atoms with Gasteiger partial charge in [0, 0.05) is 12.1 Å². The first kappa shape index (κ1) is 10.2. The van der Waals surface area contributed by atoms with E-state index in [4.69, 9.17) is 0 Å². The summed E-state index contributed by atoms with van der Waals surface area (Å²) >= 11 is 0. The van der Waals surface area contributed by atoms with Crippen molar-refractivity contribution in [3.8, 4) is 0 Å². The monoisotopic (exact) mass is 188 g/mol. The van der Waals surface area contributed by atoms with Crippen LogP contribution in [0, 0.1) is 0 Å². The molecule has 1 aromatic rings. The molecule has 0 unspecified atom stereocenters. The minimum atomic E-state index is -2.52. The van der Waals surface area contributed by atoms with Gasteiger partial charge >= 0.3 is 6.55 Å². The maximum Gasteiger partial charge on any atom is 0.333 e. The molecule has 0 bridgehead atoms. The van der Waals surface area contributed by atoms with Crippen LogP contribution in [-0.2, 0) is 0 Å². The highest BCUT2D eigenvalue weighted by molar-refractivity contribution is 5.05. The lowest BCUT2D eigenvalue weighted by molar-refractivity contribution is 0.0560. The Labute approximate surface area is 76.6 Å². The van der Waals surface area contributed by atoms with Crippen molar-refractivity contribution in [2.24, 2.45) is 0 Å². The summed E-state index contributed by atoms with van der Waals surface area (Å²) in [4.78, 5) is 0. The molecule has 0 fully saturated rings. The van der Waals surface area contributed by atoms with E-state index in [9.17, 15) is 8.78 Å². The summed E-state index contributed by atoms with van der Waals surface area (Å²) in [5.74, 6) is 0.306. The quantitative estimate of drug-likeness (QED) is 0.709. The minimum Gasteiger partial charge on any atom is -0.211 e. The van der Waals surface area contributed by atoms with Crippen molar-refractivity contribution in [3.63, 3.8) is 0 Å². The third-order valence-electron chi connectivity index (χ3n) is 2.23. The largest absolute Gasteiger partial charge is 0.333 e. The van der Waals surface area contributed by atoms with Gasteiger partial charge in [0.05, 0.1) is 5.69 Å². The van der Waals surface area contributed by atoms with E-state index in [-0.39, 0.29) is 0 Å². The van der Waals surface area contributed by atoms with Gasteiger partial charge in [0.1, 0.15) is 0 Å². The molecular weight excluding hydrogens is 174 g/mol. The van der Waals surface area contributed by atoms with Gasteiger partial charge in [-0.05, 0) is 18.9 Å². The minimum absolute atomic E-state index is 0.306. The van der Waals surface area contributed by atoms with E-state index in [2.05, 4.69) is 5.10 Å². The summed E-state index contributed by atoms with van der Waals surface area (Å²) in [5.41, 5.74) is 0.769. The Hall–Kier alpha value is -0.930. The molecule has 1 heterocycles. The second-order valence-electron chi connectivity index (χ2n) is 3.01. The van der Waals surface area contributed by atoms with Crippen LogP contribution in [0.1, 0.15) is 44.9 Å². The molecule has 1 aromatic heterocycles. The van der Waals surface area contributed by atoms with E-state index >= 15 is 0 Å². The predicted octanol–water partition coefficient (Wildman–Crippen LogP) is 3.18. The summed E-state index contributed by atoms with van der Waals surface area (Å²) in [5, 5.41) is 3.82. The standard InChI is InChI=1S/C9H14F2N2/c1-3-7(4-2)8-5-6-13(12-8)9(10)11/h5-7,9H,3-4H2,1-2H3. The highest BCUT2D eigenvalue weighted by Crippen LogP contribution is 2.22. The second kappa shape index (κ2) is 4.35. The molecule has 4 heteroatoms. The highest BCUT2D eigenvalue weighted by atomic mass is 19.3. The van der Waals surface area contributed by atoms with Crippen molar-refractivity contribution in [2.75, 3.05) is 0 Å². The molecule has 0 saturated heterocycles. The number of hydrogen-bond acceptors (Lipinski definition) is 1. The Morgan fingerprint density at radius 3 is 2.38 bits per heavy atom. The van der Waals surface area contributed by atoms with Crippen molar-refractivity contribution in [2.45, 2.75) is 39.2 Å². The first-order valence-electron chi connectivity index (χ1n) is 4.52. The highest BCUT2D eigenvalue weighted by Gasteiger charge is 2.12. The zero-order valence-corrected chi connectivity index (χ0v) is 7.87. The summed E-state index contributed by atoms with van der Waals surface area (Å²) in [6.07, 6.45) is 3.21. The van der Waals surface area contributed by atoms with E-state index in [1.54, 1.807) is 6.07 Å². The van der Waals surface area contributed by atoms with Crippen LogP contribution in [-0.4, -0.2) is 9.78 Å². The Morgan fingerprint density at radius 2 is 2.00 bits per heavy atom. The Kier molecular flexibility index (Phi) is 3.39. The zero-order chi connectivity index (χ0) is 9.84. The molecular formula is C9H14F2N2. The molecule has 1 rings (SSSR count). The predicted molar refractivity (Wildman–Crippen MR) is 46.8 cm³/mol. The molecule has 13 heavy (non-hydrogen) atoms. The van der Waals surface area contributed by atoms with Gasteiger partial charge in [-0.3, -0.25) is 0 Å². The normalized spacial score (nSPS) is 11.5. The lowest BCUT2D eigenvalue weighted by Crippen LogP contribution is -2.02. The number of rotatable bonds is 4. The van der Waals surface area contributed by atoms with Crippen molar-refractivity contribution >= 4 is 0 Å². The van der Waals surface area contributed by atoms with Gasteiger partial charge in [0.2, 0.25) is 0 Å². The van der Waals surface area contributed by atoms with Gasteiger partial charge in [-0.1, -0.05) is 13.8 Å². The van der Waals surface area contributed by atoms with Crippen LogP contribution in [0.3, 0.4) is 0 Å². The lowest BCUT2D eigenvalue weighted by Gasteiger charge is -2.07. The molecule has 0 spiro atoms.